The van der Waals surface area contributed by atoms with E-state index in [1.807, 2.05) is 31.2 Å². The monoisotopic (exact) mass is 192 g/mol. The first kappa shape index (κ1) is 10.8. The van der Waals surface area contributed by atoms with Crippen LogP contribution in [0.15, 0.2) is 36.9 Å². The Bertz CT molecular complexity index is 277. The topological polar surface area (TPSA) is 18.5 Å². The van der Waals surface area contributed by atoms with Gasteiger partial charge in [-0.1, -0.05) is 18.2 Å². The first-order valence-electron chi connectivity index (χ1n) is 4.63. The largest absolute Gasteiger partial charge is 0.497 e. The van der Waals surface area contributed by atoms with Crippen LogP contribution in [-0.2, 0) is 11.3 Å². The molecule has 0 heterocycles. The highest BCUT2D eigenvalue weighted by atomic mass is 16.5. The molecule has 76 valence electrons. The third-order valence-electron chi connectivity index (χ3n) is 2.00. The highest BCUT2D eigenvalue weighted by Gasteiger charge is 1.97. The van der Waals surface area contributed by atoms with E-state index in [0.717, 1.165) is 11.3 Å². The predicted molar refractivity (Wildman–Crippen MR) is 57.4 cm³/mol. The molecule has 0 aromatic heterocycles. The normalized spacial score (nSPS) is 12.1. The maximum absolute atomic E-state index is 5.49. The molecule has 14 heavy (non-hydrogen) atoms. The fraction of sp³-hybridized carbons (Fsp3) is 0.333. The van der Waals surface area contributed by atoms with Gasteiger partial charge < -0.3 is 9.47 Å². The van der Waals surface area contributed by atoms with Gasteiger partial charge in [0.1, 0.15) is 5.75 Å². The van der Waals surface area contributed by atoms with Crippen molar-refractivity contribution in [2.45, 2.75) is 19.6 Å². The Morgan fingerprint density at radius 1 is 1.36 bits per heavy atom. The van der Waals surface area contributed by atoms with Gasteiger partial charge in [0, 0.05) is 0 Å². The molecule has 0 spiro atoms. The van der Waals surface area contributed by atoms with E-state index in [1.54, 1.807) is 13.2 Å². The lowest BCUT2D eigenvalue weighted by atomic mass is 10.2. The van der Waals surface area contributed by atoms with Crippen molar-refractivity contribution in [2.24, 2.45) is 0 Å². The molecule has 0 bridgehead atoms. The molecule has 1 aromatic carbocycles. The average molecular weight is 192 g/mol. The summed E-state index contributed by atoms with van der Waals surface area (Å²) in [5, 5.41) is 0. The van der Waals surface area contributed by atoms with Crippen LogP contribution in [0.5, 0.6) is 5.75 Å². The Morgan fingerprint density at radius 3 is 2.50 bits per heavy atom. The Kier molecular flexibility index (Phi) is 4.20. The maximum Gasteiger partial charge on any atom is 0.118 e. The Hall–Kier alpha value is -1.28. The third kappa shape index (κ3) is 3.23. The maximum atomic E-state index is 5.49. The van der Waals surface area contributed by atoms with Crippen LogP contribution in [-0.4, -0.2) is 13.2 Å². The summed E-state index contributed by atoms with van der Waals surface area (Å²) in [6, 6.07) is 7.85. The molecular weight excluding hydrogens is 176 g/mol. The van der Waals surface area contributed by atoms with Crippen molar-refractivity contribution in [3.63, 3.8) is 0 Å². The summed E-state index contributed by atoms with van der Waals surface area (Å²) in [4.78, 5) is 0. The fourth-order valence-corrected chi connectivity index (χ4v) is 1.02. The van der Waals surface area contributed by atoms with Crippen LogP contribution in [0.2, 0.25) is 0 Å². The lowest BCUT2D eigenvalue weighted by Crippen LogP contribution is -2.03. The molecule has 2 nitrogen and oxygen atoms in total. The van der Waals surface area contributed by atoms with Crippen LogP contribution >= 0.6 is 0 Å². The second kappa shape index (κ2) is 5.45. The minimum Gasteiger partial charge on any atom is -0.497 e. The minimum atomic E-state index is 0.0945. The van der Waals surface area contributed by atoms with E-state index in [1.165, 1.54) is 0 Å². The first-order valence-corrected chi connectivity index (χ1v) is 4.63. The van der Waals surface area contributed by atoms with Crippen molar-refractivity contribution < 1.29 is 9.47 Å². The van der Waals surface area contributed by atoms with Gasteiger partial charge in [-0.3, -0.25) is 0 Å². The minimum absolute atomic E-state index is 0.0945. The van der Waals surface area contributed by atoms with E-state index in [0.29, 0.717) is 6.61 Å². The van der Waals surface area contributed by atoms with Crippen LogP contribution in [0, 0.1) is 0 Å². The lowest BCUT2D eigenvalue weighted by Gasteiger charge is -2.08. The standard InChI is InChI=1S/C12H16O2/c1-4-10(2)14-9-11-5-7-12(13-3)8-6-11/h4-8,10H,1,9H2,2-3H3. The molecule has 0 saturated heterocycles. The molecule has 1 aromatic rings. The molecule has 0 amide bonds. The first-order chi connectivity index (χ1) is 6.76. The number of benzene rings is 1. The molecule has 1 rings (SSSR count). The number of rotatable bonds is 5. The SMILES string of the molecule is C=CC(C)OCc1ccc(OC)cc1. The molecule has 0 fully saturated rings. The van der Waals surface area contributed by atoms with Crippen molar-refractivity contribution in [1.82, 2.24) is 0 Å². The number of hydrogen-bond donors (Lipinski definition) is 0. The smallest absolute Gasteiger partial charge is 0.118 e. The molecule has 1 atom stereocenters. The predicted octanol–water partition coefficient (Wildman–Crippen LogP) is 2.79. The molecule has 0 aliphatic rings. The highest BCUT2D eigenvalue weighted by Crippen LogP contribution is 2.12. The van der Waals surface area contributed by atoms with E-state index in [-0.39, 0.29) is 6.10 Å². The number of hydrogen-bond acceptors (Lipinski definition) is 2. The van der Waals surface area contributed by atoms with E-state index in [9.17, 15) is 0 Å². The van der Waals surface area contributed by atoms with Crippen LogP contribution in [0.4, 0.5) is 0 Å². The Labute approximate surface area is 85.2 Å². The van der Waals surface area contributed by atoms with Gasteiger partial charge in [-0.25, -0.2) is 0 Å². The van der Waals surface area contributed by atoms with Gasteiger partial charge in [0.05, 0.1) is 19.8 Å². The van der Waals surface area contributed by atoms with Gasteiger partial charge >= 0.3 is 0 Å². The van der Waals surface area contributed by atoms with E-state index in [4.69, 9.17) is 9.47 Å². The third-order valence-corrected chi connectivity index (χ3v) is 2.00. The van der Waals surface area contributed by atoms with Crippen molar-refractivity contribution in [3.05, 3.63) is 42.5 Å². The van der Waals surface area contributed by atoms with Crippen LogP contribution in [0.25, 0.3) is 0 Å². The average Bonchev–Trinajstić information content (AvgIpc) is 2.26. The van der Waals surface area contributed by atoms with Gasteiger partial charge in [0.15, 0.2) is 0 Å². The summed E-state index contributed by atoms with van der Waals surface area (Å²) in [5.41, 5.74) is 1.14. The van der Waals surface area contributed by atoms with Gasteiger partial charge in [-0.15, -0.1) is 6.58 Å². The number of ether oxygens (including phenoxy) is 2. The van der Waals surface area contributed by atoms with Gasteiger partial charge in [0.2, 0.25) is 0 Å². The molecule has 0 saturated carbocycles. The van der Waals surface area contributed by atoms with E-state index >= 15 is 0 Å². The summed E-state index contributed by atoms with van der Waals surface area (Å²) in [5.74, 6) is 0.866. The second-order valence-corrected chi connectivity index (χ2v) is 3.10. The molecule has 2 heteroatoms. The highest BCUT2D eigenvalue weighted by molar-refractivity contribution is 5.26. The van der Waals surface area contributed by atoms with Gasteiger partial charge in [-0.2, -0.15) is 0 Å². The van der Waals surface area contributed by atoms with Crippen molar-refractivity contribution >= 4 is 0 Å². The van der Waals surface area contributed by atoms with Crippen LogP contribution < -0.4 is 4.74 Å². The molecular formula is C12H16O2. The summed E-state index contributed by atoms with van der Waals surface area (Å²) in [6.45, 7) is 6.23. The summed E-state index contributed by atoms with van der Waals surface area (Å²) < 4.78 is 10.6. The molecule has 0 radical (unpaired) electrons. The van der Waals surface area contributed by atoms with E-state index in [2.05, 4.69) is 6.58 Å². The number of methoxy groups -OCH3 is 1. The zero-order chi connectivity index (χ0) is 10.4. The summed E-state index contributed by atoms with van der Waals surface area (Å²) in [6.07, 6.45) is 1.88. The Morgan fingerprint density at radius 2 is 2.00 bits per heavy atom. The summed E-state index contributed by atoms with van der Waals surface area (Å²) >= 11 is 0. The fourth-order valence-electron chi connectivity index (χ4n) is 1.02. The molecule has 1 unspecified atom stereocenters. The quantitative estimate of drug-likeness (QED) is 0.668. The van der Waals surface area contributed by atoms with Crippen molar-refractivity contribution in [3.8, 4) is 5.75 Å². The van der Waals surface area contributed by atoms with Crippen molar-refractivity contribution in [1.29, 1.82) is 0 Å². The van der Waals surface area contributed by atoms with Crippen LogP contribution in [0.1, 0.15) is 12.5 Å². The zero-order valence-corrected chi connectivity index (χ0v) is 8.69. The van der Waals surface area contributed by atoms with E-state index < -0.39 is 0 Å². The molecule has 0 aliphatic carbocycles. The second-order valence-electron chi connectivity index (χ2n) is 3.10. The van der Waals surface area contributed by atoms with Crippen molar-refractivity contribution in [2.75, 3.05) is 7.11 Å². The summed E-state index contributed by atoms with van der Waals surface area (Å²) in [7, 11) is 1.66. The van der Waals surface area contributed by atoms with Crippen LogP contribution in [0.3, 0.4) is 0 Å². The molecule has 0 N–H and O–H groups in total. The lowest BCUT2D eigenvalue weighted by molar-refractivity contribution is 0.0843. The van der Waals surface area contributed by atoms with Gasteiger partial charge in [0.25, 0.3) is 0 Å². The van der Waals surface area contributed by atoms with Gasteiger partial charge in [-0.05, 0) is 24.6 Å². The zero-order valence-electron chi connectivity index (χ0n) is 8.69. The Balaban J connectivity index is 2.47. The molecule has 0 aliphatic heterocycles.